The van der Waals surface area contributed by atoms with Crippen LogP contribution in [0.4, 0.5) is 5.69 Å². The van der Waals surface area contributed by atoms with Gasteiger partial charge in [-0.15, -0.1) is 12.4 Å². The predicted octanol–water partition coefficient (Wildman–Crippen LogP) is 0.306. The summed E-state index contributed by atoms with van der Waals surface area (Å²) in [4.78, 5) is 28.4. The van der Waals surface area contributed by atoms with Crippen LogP contribution in [-0.2, 0) is 19.6 Å². The van der Waals surface area contributed by atoms with E-state index in [0.29, 0.717) is 25.3 Å². The Morgan fingerprint density at radius 1 is 1.37 bits per heavy atom. The second-order valence-corrected chi connectivity index (χ2v) is 9.03. The standard InChI is InChI=1S/C17H24N4O4S.ClH/c1-17(10-18)5-6-20(11-17)16(23)12-7-15(22)21(9-12)13-3-2-4-14(8-13)26(19,24)25;/h2-4,8,12H,5-7,9-11,18H2,1H3,(H2,19,24,25);1H. The lowest BCUT2D eigenvalue weighted by Crippen LogP contribution is -2.38. The number of hydrogen-bond donors (Lipinski definition) is 2. The van der Waals surface area contributed by atoms with E-state index in [0.717, 1.165) is 6.42 Å². The van der Waals surface area contributed by atoms with Crippen molar-refractivity contribution < 1.29 is 18.0 Å². The Morgan fingerprint density at radius 2 is 2.07 bits per heavy atom. The number of nitrogens with two attached hydrogens (primary N) is 2. The van der Waals surface area contributed by atoms with Crippen molar-refractivity contribution in [2.45, 2.75) is 24.7 Å². The van der Waals surface area contributed by atoms with E-state index in [1.165, 1.54) is 23.1 Å². The number of sulfonamides is 1. The lowest BCUT2D eigenvalue weighted by Gasteiger charge is -2.24. The molecule has 2 heterocycles. The van der Waals surface area contributed by atoms with Gasteiger partial charge in [0.05, 0.1) is 10.8 Å². The molecule has 1 aromatic carbocycles. The fraction of sp³-hybridized carbons (Fsp3) is 0.529. The number of hydrogen-bond acceptors (Lipinski definition) is 5. The van der Waals surface area contributed by atoms with Crippen molar-refractivity contribution in [1.82, 2.24) is 4.90 Å². The summed E-state index contributed by atoms with van der Waals surface area (Å²) in [6, 6.07) is 5.91. The zero-order chi connectivity index (χ0) is 19.1. The highest BCUT2D eigenvalue weighted by molar-refractivity contribution is 7.89. The summed E-state index contributed by atoms with van der Waals surface area (Å²) in [5.74, 6) is -0.669. The van der Waals surface area contributed by atoms with Gasteiger partial charge in [-0.1, -0.05) is 13.0 Å². The molecule has 0 bridgehead atoms. The van der Waals surface area contributed by atoms with Crippen molar-refractivity contribution in [1.29, 1.82) is 0 Å². The molecule has 0 aromatic heterocycles. The van der Waals surface area contributed by atoms with Gasteiger partial charge in [-0.05, 0) is 36.6 Å². The second kappa shape index (κ2) is 7.75. The van der Waals surface area contributed by atoms with Crippen LogP contribution < -0.4 is 15.8 Å². The van der Waals surface area contributed by atoms with Crippen LogP contribution in [0.5, 0.6) is 0 Å². The zero-order valence-electron chi connectivity index (χ0n) is 15.1. The van der Waals surface area contributed by atoms with Crippen molar-refractivity contribution >= 4 is 39.9 Å². The average molecular weight is 417 g/mol. The maximum Gasteiger partial charge on any atom is 0.238 e. The average Bonchev–Trinajstić information content (AvgIpc) is 3.18. The summed E-state index contributed by atoms with van der Waals surface area (Å²) >= 11 is 0. The van der Waals surface area contributed by atoms with Gasteiger partial charge in [0.15, 0.2) is 0 Å². The number of carbonyl (C=O) groups is 2. The maximum atomic E-state index is 12.8. The fourth-order valence-corrected chi connectivity index (χ4v) is 4.14. The van der Waals surface area contributed by atoms with Crippen LogP contribution in [0.15, 0.2) is 29.2 Å². The number of likely N-dealkylation sites (tertiary alicyclic amines) is 1. The summed E-state index contributed by atoms with van der Waals surface area (Å²) in [5, 5.41) is 5.15. The molecule has 3 rings (SSSR count). The number of primary sulfonamides is 1. The highest BCUT2D eigenvalue weighted by atomic mass is 35.5. The quantitative estimate of drug-likeness (QED) is 0.730. The largest absolute Gasteiger partial charge is 0.342 e. The third-order valence-electron chi connectivity index (χ3n) is 5.29. The Kier molecular flexibility index (Phi) is 6.20. The summed E-state index contributed by atoms with van der Waals surface area (Å²) in [7, 11) is -3.86. The van der Waals surface area contributed by atoms with Gasteiger partial charge in [0.2, 0.25) is 21.8 Å². The van der Waals surface area contributed by atoms with Crippen LogP contribution in [0.1, 0.15) is 19.8 Å². The summed E-state index contributed by atoms with van der Waals surface area (Å²) < 4.78 is 23.0. The first-order valence-electron chi connectivity index (χ1n) is 8.55. The number of carbonyl (C=O) groups excluding carboxylic acids is 2. The Labute approximate surface area is 165 Å². The van der Waals surface area contributed by atoms with Crippen LogP contribution in [0.25, 0.3) is 0 Å². The van der Waals surface area contributed by atoms with Crippen molar-refractivity contribution in [3.8, 4) is 0 Å². The van der Waals surface area contributed by atoms with E-state index in [2.05, 4.69) is 6.92 Å². The highest BCUT2D eigenvalue weighted by Gasteiger charge is 2.41. The molecule has 0 radical (unpaired) electrons. The van der Waals surface area contributed by atoms with Crippen molar-refractivity contribution in [3.63, 3.8) is 0 Å². The maximum absolute atomic E-state index is 12.8. The molecule has 0 saturated carbocycles. The molecular weight excluding hydrogens is 392 g/mol. The number of amides is 2. The van der Waals surface area contributed by atoms with Crippen LogP contribution in [0.3, 0.4) is 0 Å². The van der Waals surface area contributed by atoms with Crippen molar-refractivity contribution in [3.05, 3.63) is 24.3 Å². The minimum Gasteiger partial charge on any atom is -0.342 e. The number of nitrogens with zero attached hydrogens (tertiary/aromatic N) is 2. The van der Waals surface area contributed by atoms with E-state index >= 15 is 0 Å². The van der Waals surface area contributed by atoms with E-state index in [1.54, 1.807) is 11.0 Å². The molecule has 8 nitrogen and oxygen atoms in total. The normalized spacial score (nSPS) is 25.6. The van der Waals surface area contributed by atoms with Gasteiger partial charge in [-0.25, -0.2) is 13.6 Å². The van der Waals surface area contributed by atoms with Gasteiger partial charge in [-0.3, -0.25) is 9.59 Å². The van der Waals surface area contributed by atoms with Crippen LogP contribution in [0, 0.1) is 11.3 Å². The molecule has 4 N–H and O–H groups in total. The Bertz CT molecular complexity index is 847. The Hall–Kier alpha value is -1.68. The molecule has 150 valence electrons. The Morgan fingerprint density at radius 3 is 2.67 bits per heavy atom. The molecule has 1 aromatic rings. The monoisotopic (exact) mass is 416 g/mol. The Balaban J connectivity index is 0.00000261. The zero-order valence-corrected chi connectivity index (χ0v) is 16.8. The number of rotatable bonds is 4. The first-order valence-corrected chi connectivity index (χ1v) is 10.1. The third-order valence-corrected chi connectivity index (χ3v) is 6.21. The van der Waals surface area contributed by atoms with Gasteiger partial charge < -0.3 is 15.5 Å². The van der Waals surface area contributed by atoms with Crippen molar-refractivity contribution in [2.24, 2.45) is 22.2 Å². The minimum atomic E-state index is -3.86. The molecule has 10 heteroatoms. The van der Waals surface area contributed by atoms with Crippen molar-refractivity contribution in [2.75, 3.05) is 31.1 Å². The van der Waals surface area contributed by atoms with Crippen LogP contribution >= 0.6 is 12.4 Å². The lowest BCUT2D eigenvalue weighted by atomic mass is 9.90. The van der Waals surface area contributed by atoms with Gasteiger partial charge in [-0.2, -0.15) is 0 Å². The number of anilines is 1. The molecule has 2 amide bonds. The first-order chi connectivity index (χ1) is 12.1. The molecule has 2 unspecified atom stereocenters. The number of halogens is 1. The molecule has 2 aliphatic heterocycles. The SMILES string of the molecule is CC1(CN)CCN(C(=O)C2CC(=O)N(c3cccc(S(N)(=O)=O)c3)C2)C1.Cl. The van der Waals surface area contributed by atoms with E-state index in [-0.39, 0.29) is 47.5 Å². The van der Waals surface area contributed by atoms with Gasteiger partial charge in [0.1, 0.15) is 0 Å². The molecule has 2 aliphatic rings. The van der Waals surface area contributed by atoms with E-state index < -0.39 is 15.9 Å². The van der Waals surface area contributed by atoms with Gasteiger partial charge in [0, 0.05) is 31.7 Å². The predicted molar refractivity (Wildman–Crippen MR) is 104 cm³/mol. The summed E-state index contributed by atoms with van der Waals surface area (Å²) in [5.41, 5.74) is 6.16. The molecular formula is C17H25ClN4O4S. The molecule has 0 spiro atoms. The summed E-state index contributed by atoms with van der Waals surface area (Å²) in [6.07, 6.45) is 0.976. The van der Waals surface area contributed by atoms with Crippen LogP contribution in [-0.4, -0.2) is 51.3 Å². The topological polar surface area (TPSA) is 127 Å². The van der Waals surface area contributed by atoms with E-state index in [9.17, 15) is 18.0 Å². The first kappa shape index (κ1) is 21.6. The van der Waals surface area contributed by atoms with Gasteiger partial charge in [0.25, 0.3) is 0 Å². The molecule has 2 saturated heterocycles. The van der Waals surface area contributed by atoms with Crippen LogP contribution in [0.2, 0.25) is 0 Å². The lowest BCUT2D eigenvalue weighted by molar-refractivity contribution is -0.135. The molecule has 27 heavy (non-hydrogen) atoms. The van der Waals surface area contributed by atoms with Gasteiger partial charge >= 0.3 is 0 Å². The molecule has 2 atom stereocenters. The van der Waals surface area contributed by atoms with E-state index in [4.69, 9.17) is 10.9 Å². The molecule has 0 aliphatic carbocycles. The fourth-order valence-electron chi connectivity index (χ4n) is 3.59. The summed E-state index contributed by atoms with van der Waals surface area (Å²) in [6.45, 7) is 4.08. The molecule has 2 fully saturated rings. The third kappa shape index (κ3) is 4.43. The van der Waals surface area contributed by atoms with E-state index in [1.807, 2.05) is 0 Å². The number of benzene rings is 1. The second-order valence-electron chi connectivity index (χ2n) is 7.47. The smallest absolute Gasteiger partial charge is 0.238 e. The minimum absolute atomic E-state index is 0. The highest BCUT2D eigenvalue weighted by Crippen LogP contribution is 2.32.